The summed E-state index contributed by atoms with van der Waals surface area (Å²) in [6.45, 7) is 19.7. The molecule has 3 heterocycles. The number of hydrogen-bond donors (Lipinski definition) is 3. The Hall–Kier alpha value is -3.57. The van der Waals surface area contributed by atoms with Crippen molar-refractivity contribution in [2.24, 2.45) is 5.73 Å². The van der Waals surface area contributed by atoms with E-state index < -0.39 is 6.18 Å². The number of halogens is 3. The number of nitrogens with zero attached hydrogens (tertiary/aromatic N) is 4. The number of rotatable bonds is 9. The van der Waals surface area contributed by atoms with Crippen molar-refractivity contribution in [2.75, 3.05) is 82.7 Å². The molecule has 5 rings (SSSR count). The molecule has 0 spiro atoms. The van der Waals surface area contributed by atoms with Gasteiger partial charge in [0.05, 0.1) is 11.4 Å². The topological polar surface area (TPSA) is 63.0 Å². The molecule has 0 bridgehead atoms. The van der Waals surface area contributed by atoms with Gasteiger partial charge in [0.1, 0.15) is 0 Å². The molecule has 0 amide bonds. The lowest BCUT2D eigenvalue weighted by molar-refractivity contribution is -0.110. The first kappa shape index (κ1) is 33.3. The van der Waals surface area contributed by atoms with E-state index in [1.165, 1.54) is 22.4 Å². The van der Waals surface area contributed by atoms with Crippen molar-refractivity contribution in [1.29, 1.82) is 0 Å². The molecule has 2 aromatic carbocycles. The highest BCUT2D eigenvalue weighted by Crippen LogP contribution is 2.34. The monoisotopic (exact) mass is 609 g/mol. The molecule has 2 fully saturated rings. The summed E-state index contributed by atoms with van der Waals surface area (Å²) in [5.41, 5.74) is 14.6. The summed E-state index contributed by atoms with van der Waals surface area (Å²) in [6, 6.07) is 15.8. The second-order valence-corrected chi connectivity index (χ2v) is 11.6. The highest BCUT2D eigenvalue weighted by molar-refractivity contribution is 5.80. The van der Waals surface area contributed by atoms with Crippen LogP contribution < -0.4 is 21.3 Å². The minimum absolute atomic E-state index is 0.188. The summed E-state index contributed by atoms with van der Waals surface area (Å²) in [4.78, 5) is 9.87. The Bertz CT molecular complexity index is 1330. The van der Waals surface area contributed by atoms with Crippen LogP contribution in [0, 0.1) is 0 Å². The number of nitrogens with two attached hydrogens (primary N) is 1. The number of hydrogen-bond acceptors (Lipinski definition) is 7. The molecule has 3 aliphatic rings. The third-order valence-corrected chi connectivity index (χ3v) is 7.93. The quantitative estimate of drug-likeness (QED) is 0.360. The average molecular weight is 610 g/mol. The number of dihydropyridines is 1. The lowest BCUT2D eigenvalue weighted by Crippen LogP contribution is -2.47. The van der Waals surface area contributed by atoms with Crippen LogP contribution in [0.15, 0.2) is 90.9 Å². The molecule has 0 unspecified atom stereocenters. The van der Waals surface area contributed by atoms with E-state index in [1.807, 2.05) is 18.4 Å². The Kier molecular flexibility index (Phi) is 11.7. The molecule has 0 saturated carbocycles. The van der Waals surface area contributed by atoms with Gasteiger partial charge in [0.2, 0.25) is 0 Å². The summed E-state index contributed by atoms with van der Waals surface area (Å²) in [5, 5.41) is 6.84. The van der Waals surface area contributed by atoms with Crippen LogP contribution in [-0.2, 0) is 6.54 Å². The molecule has 4 N–H and O–H groups in total. The molecule has 238 valence electrons. The Morgan fingerprint density at radius 3 is 2.23 bits per heavy atom. The highest BCUT2D eigenvalue weighted by atomic mass is 19.4. The maximum atomic E-state index is 10.4. The Labute approximate surface area is 260 Å². The standard InChI is InChI=1S/C32H43N7.C2H3F3/c1-25-7-8-30(23-34-25)26(2)35-31-22-29(9-10-32(31)39-19-13-36(3)14-20-39)28-6-4-5-27(21-28)24-38-17-15-37(12-11-33)16-18-38;1-2(3,4)5/h4-10,21-23,34-35H,1-2,11-20,24,33H2,3H3;1H3. The smallest absolute Gasteiger partial charge is 0.367 e. The van der Waals surface area contributed by atoms with Crippen LogP contribution in [0.5, 0.6) is 0 Å². The van der Waals surface area contributed by atoms with E-state index in [4.69, 9.17) is 5.73 Å². The molecule has 2 saturated heterocycles. The highest BCUT2D eigenvalue weighted by Gasteiger charge is 2.20. The van der Waals surface area contributed by atoms with Crippen LogP contribution in [0.3, 0.4) is 0 Å². The molecule has 3 aliphatic heterocycles. The van der Waals surface area contributed by atoms with Crippen molar-refractivity contribution in [3.8, 4) is 11.1 Å². The zero-order valence-corrected chi connectivity index (χ0v) is 26.0. The van der Waals surface area contributed by atoms with Crippen LogP contribution in [0.25, 0.3) is 11.1 Å². The number of likely N-dealkylation sites (N-methyl/N-ethyl adjacent to an activating group) is 1. The number of piperazine rings is 2. The van der Waals surface area contributed by atoms with Gasteiger partial charge in [-0.25, -0.2) is 0 Å². The summed E-state index contributed by atoms with van der Waals surface area (Å²) in [5.74, 6) is 0. The first-order valence-electron chi connectivity index (χ1n) is 15.2. The lowest BCUT2D eigenvalue weighted by Gasteiger charge is -2.35. The van der Waals surface area contributed by atoms with E-state index in [0.29, 0.717) is 0 Å². The van der Waals surface area contributed by atoms with E-state index in [-0.39, 0.29) is 6.92 Å². The maximum absolute atomic E-state index is 10.4. The molecule has 7 nitrogen and oxygen atoms in total. The molecule has 0 aliphatic carbocycles. The first-order valence-corrected chi connectivity index (χ1v) is 15.2. The lowest BCUT2D eigenvalue weighted by atomic mass is 10.0. The van der Waals surface area contributed by atoms with Gasteiger partial charge in [0, 0.05) is 102 Å². The zero-order chi connectivity index (χ0) is 31.7. The fourth-order valence-corrected chi connectivity index (χ4v) is 5.48. The average Bonchev–Trinajstić information content (AvgIpc) is 2.98. The Morgan fingerprint density at radius 2 is 1.59 bits per heavy atom. The molecule has 0 radical (unpaired) electrons. The predicted molar refractivity (Wildman–Crippen MR) is 176 cm³/mol. The normalized spacial score (nSPS) is 18.3. The van der Waals surface area contributed by atoms with Crippen molar-refractivity contribution in [1.82, 2.24) is 20.0 Å². The van der Waals surface area contributed by atoms with Gasteiger partial charge < -0.3 is 26.2 Å². The van der Waals surface area contributed by atoms with Crippen LogP contribution in [0.2, 0.25) is 0 Å². The molecule has 0 aromatic heterocycles. The van der Waals surface area contributed by atoms with Crippen LogP contribution in [0.4, 0.5) is 24.5 Å². The zero-order valence-electron chi connectivity index (χ0n) is 26.0. The summed E-state index contributed by atoms with van der Waals surface area (Å²) < 4.78 is 31.1. The minimum atomic E-state index is -4.00. The number of alkyl halides is 3. The molecule has 2 aromatic rings. The first-order chi connectivity index (χ1) is 21.0. The molecular formula is C34H46F3N7. The van der Waals surface area contributed by atoms with E-state index in [9.17, 15) is 13.2 Å². The second-order valence-electron chi connectivity index (χ2n) is 11.6. The van der Waals surface area contributed by atoms with Gasteiger partial charge in [0.15, 0.2) is 0 Å². The van der Waals surface area contributed by atoms with Crippen molar-refractivity contribution in [2.45, 2.75) is 19.6 Å². The SMILES string of the molecule is C=C1C=CC(C(=C)Nc2cc(-c3cccc(CN4CCN(CCN)CC4)c3)ccc2N2CCN(C)CC2)=CN1.CC(F)(F)F. The van der Waals surface area contributed by atoms with Crippen LogP contribution in [0.1, 0.15) is 12.5 Å². The van der Waals surface area contributed by atoms with Gasteiger partial charge in [-0.15, -0.1) is 0 Å². The van der Waals surface area contributed by atoms with Crippen LogP contribution in [-0.4, -0.2) is 93.4 Å². The molecule has 10 heteroatoms. The third kappa shape index (κ3) is 10.3. The third-order valence-electron chi connectivity index (χ3n) is 7.93. The fraction of sp³-hybridized carbons (Fsp3) is 0.412. The van der Waals surface area contributed by atoms with E-state index in [0.717, 1.165) is 94.6 Å². The summed E-state index contributed by atoms with van der Waals surface area (Å²) in [7, 11) is 2.19. The molecule has 0 atom stereocenters. The molecular weight excluding hydrogens is 563 g/mol. The summed E-state index contributed by atoms with van der Waals surface area (Å²) in [6.07, 6.45) is 1.98. The number of anilines is 2. The Morgan fingerprint density at radius 1 is 0.932 bits per heavy atom. The van der Waals surface area contributed by atoms with Crippen molar-refractivity contribution in [3.63, 3.8) is 0 Å². The van der Waals surface area contributed by atoms with Crippen molar-refractivity contribution < 1.29 is 13.2 Å². The predicted octanol–water partition coefficient (Wildman–Crippen LogP) is 5.23. The van der Waals surface area contributed by atoms with Gasteiger partial charge in [0.25, 0.3) is 0 Å². The van der Waals surface area contributed by atoms with Gasteiger partial charge >= 0.3 is 6.18 Å². The largest absolute Gasteiger partial charge is 0.386 e. The van der Waals surface area contributed by atoms with E-state index in [1.54, 1.807) is 0 Å². The van der Waals surface area contributed by atoms with E-state index >= 15 is 0 Å². The fourth-order valence-electron chi connectivity index (χ4n) is 5.48. The number of nitrogens with one attached hydrogen (secondary N) is 2. The van der Waals surface area contributed by atoms with Crippen molar-refractivity contribution >= 4 is 11.4 Å². The number of benzene rings is 2. The van der Waals surface area contributed by atoms with Gasteiger partial charge in [-0.1, -0.05) is 37.4 Å². The van der Waals surface area contributed by atoms with Gasteiger partial charge in [-0.2, -0.15) is 13.2 Å². The van der Waals surface area contributed by atoms with Gasteiger partial charge in [-0.3, -0.25) is 9.80 Å². The van der Waals surface area contributed by atoms with Crippen molar-refractivity contribution in [3.05, 3.63) is 96.5 Å². The van der Waals surface area contributed by atoms with E-state index in [2.05, 4.69) is 92.9 Å². The van der Waals surface area contributed by atoms with Crippen LogP contribution >= 0.6 is 0 Å². The Balaban J connectivity index is 0.000000818. The molecule has 44 heavy (non-hydrogen) atoms. The maximum Gasteiger partial charge on any atom is 0.386 e. The minimum Gasteiger partial charge on any atom is -0.367 e. The summed E-state index contributed by atoms with van der Waals surface area (Å²) >= 11 is 0. The second kappa shape index (κ2) is 15.4. The van der Waals surface area contributed by atoms with Gasteiger partial charge in [-0.05, 0) is 54.1 Å². The number of allylic oxidation sites excluding steroid dienone is 2.